The second kappa shape index (κ2) is 9.39. The number of carbonyl (C=O) groups excluding carboxylic acids is 2. The molecule has 31 heavy (non-hydrogen) atoms. The van der Waals surface area contributed by atoms with Crippen molar-refractivity contribution in [2.75, 3.05) is 0 Å². The molecule has 3 aromatic carbocycles. The molecular formula is C26H23FO4. The minimum atomic E-state index is -0.492. The average molecular weight is 418 g/mol. The van der Waals surface area contributed by atoms with Gasteiger partial charge in [0.15, 0.2) is 0 Å². The fourth-order valence-electron chi connectivity index (χ4n) is 2.77. The van der Waals surface area contributed by atoms with Crippen molar-refractivity contribution < 1.29 is 23.5 Å². The average Bonchev–Trinajstić information content (AvgIpc) is 2.74. The SMILES string of the molecule is C=C(C)C(=O)Oc1ccc(-c2ccc(-c3ccc(OC(=O)C(C)C)cc3)c(F)c2)cc1. The van der Waals surface area contributed by atoms with Crippen LogP contribution in [0.4, 0.5) is 4.39 Å². The third kappa shape index (κ3) is 5.45. The highest BCUT2D eigenvalue weighted by Gasteiger charge is 2.12. The van der Waals surface area contributed by atoms with E-state index in [0.29, 0.717) is 33.8 Å². The highest BCUT2D eigenvalue weighted by Crippen LogP contribution is 2.30. The molecule has 0 aliphatic carbocycles. The van der Waals surface area contributed by atoms with Crippen molar-refractivity contribution in [3.63, 3.8) is 0 Å². The minimum Gasteiger partial charge on any atom is -0.426 e. The summed E-state index contributed by atoms with van der Waals surface area (Å²) in [7, 11) is 0. The zero-order valence-corrected chi connectivity index (χ0v) is 17.6. The molecule has 0 amide bonds. The molecule has 0 saturated heterocycles. The zero-order valence-electron chi connectivity index (χ0n) is 17.6. The summed E-state index contributed by atoms with van der Waals surface area (Å²) in [6.45, 7) is 8.64. The molecule has 0 fully saturated rings. The summed E-state index contributed by atoms with van der Waals surface area (Å²) in [4.78, 5) is 23.3. The van der Waals surface area contributed by atoms with Gasteiger partial charge in [-0.2, -0.15) is 0 Å². The summed E-state index contributed by atoms with van der Waals surface area (Å²) in [5.74, 6) is -0.588. The maximum absolute atomic E-state index is 14.8. The van der Waals surface area contributed by atoms with Crippen molar-refractivity contribution in [1.82, 2.24) is 0 Å². The molecular weight excluding hydrogens is 395 g/mol. The van der Waals surface area contributed by atoms with Crippen LogP contribution in [0, 0.1) is 11.7 Å². The van der Waals surface area contributed by atoms with Gasteiger partial charge in [-0.15, -0.1) is 0 Å². The van der Waals surface area contributed by atoms with Gasteiger partial charge in [0.2, 0.25) is 0 Å². The van der Waals surface area contributed by atoms with Gasteiger partial charge in [-0.05, 0) is 53.9 Å². The highest BCUT2D eigenvalue weighted by atomic mass is 19.1. The van der Waals surface area contributed by atoms with E-state index in [1.165, 1.54) is 6.07 Å². The lowest BCUT2D eigenvalue weighted by Gasteiger charge is -2.10. The molecule has 0 atom stereocenters. The van der Waals surface area contributed by atoms with Crippen LogP contribution in [0.15, 0.2) is 78.9 Å². The third-order valence-electron chi connectivity index (χ3n) is 4.57. The summed E-state index contributed by atoms with van der Waals surface area (Å²) >= 11 is 0. The maximum atomic E-state index is 14.8. The van der Waals surface area contributed by atoms with Gasteiger partial charge in [0.25, 0.3) is 0 Å². The first-order valence-corrected chi connectivity index (χ1v) is 9.84. The number of hydrogen-bond donors (Lipinski definition) is 0. The van der Waals surface area contributed by atoms with Crippen LogP contribution in [0.5, 0.6) is 11.5 Å². The van der Waals surface area contributed by atoms with E-state index in [9.17, 15) is 14.0 Å². The molecule has 0 unspecified atom stereocenters. The van der Waals surface area contributed by atoms with Crippen LogP contribution in [-0.4, -0.2) is 11.9 Å². The maximum Gasteiger partial charge on any atom is 0.338 e. The summed E-state index contributed by atoms with van der Waals surface area (Å²) in [6, 6.07) is 18.5. The summed E-state index contributed by atoms with van der Waals surface area (Å²) in [5.41, 5.74) is 2.92. The Morgan fingerprint density at radius 2 is 1.32 bits per heavy atom. The number of ether oxygens (including phenoxy) is 2. The summed E-state index contributed by atoms with van der Waals surface area (Å²) in [5, 5.41) is 0. The Balaban J connectivity index is 1.76. The zero-order chi connectivity index (χ0) is 22.5. The van der Waals surface area contributed by atoms with E-state index in [-0.39, 0.29) is 17.7 Å². The first kappa shape index (κ1) is 22.0. The number of benzene rings is 3. The van der Waals surface area contributed by atoms with Crippen molar-refractivity contribution in [1.29, 1.82) is 0 Å². The van der Waals surface area contributed by atoms with E-state index in [1.54, 1.807) is 75.4 Å². The van der Waals surface area contributed by atoms with Gasteiger partial charge < -0.3 is 9.47 Å². The molecule has 0 radical (unpaired) electrons. The largest absolute Gasteiger partial charge is 0.426 e. The van der Waals surface area contributed by atoms with Gasteiger partial charge >= 0.3 is 11.9 Å². The number of rotatable bonds is 6. The van der Waals surface area contributed by atoms with Gasteiger partial charge in [-0.25, -0.2) is 9.18 Å². The smallest absolute Gasteiger partial charge is 0.338 e. The predicted octanol–water partition coefficient (Wildman–Crippen LogP) is 6.20. The van der Waals surface area contributed by atoms with Crippen LogP contribution in [0.3, 0.4) is 0 Å². The molecule has 3 rings (SSSR count). The van der Waals surface area contributed by atoms with E-state index >= 15 is 0 Å². The summed E-state index contributed by atoms with van der Waals surface area (Å²) in [6.07, 6.45) is 0. The standard InChI is InChI=1S/C26H23FO4/c1-16(2)25(28)30-21-10-5-18(6-11-21)20-9-14-23(24(27)15-20)19-7-12-22(13-8-19)31-26(29)17(3)4/h5-15,17H,1H2,2-4H3. The molecule has 0 N–H and O–H groups in total. The number of hydrogen-bond acceptors (Lipinski definition) is 4. The molecule has 0 aliphatic rings. The second-order valence-electron chi connectivity index (χ2n) is 7.49. The van der Waals surface area contributed by atoms with Crippen LogP contribution in [0.25, 0.3) is 22.3 Å². The van der Waals surface area contributed by atoms with Crippen molar-refractivity contribution in [2.45, 2.75) is 20.8 Å². The van der Waals surface area contributed by atoms with E-state index in [4.69, 9.17) is 9.47 Å². The van der Waals surface area contributed by atoms with E-state index in [1.807, 2.05) is 6.07 Å². The Bertz CT molecular complexity index is 1110. The lowest BCUT2D eigenvalue weighted by molar-refractivity contribution is -0.137. The van der Waals surface area contributed by atoms with Crippen molar-refractivity contribution in [3.8, 4) is 33.8 Å². The molecule has 4 nitrogen and oxygen atoms in total. The van der Waals surface area contributed by atoms with E-state index < -0.39 is 5.97 Å². The molecule has 0 saturated carbocycles. The normalized spacial score (nSPS) is 10.6. The monoisotopic (exact) mass is 418 g/mol. The van der Waals surface area contributed by atoms with E-state index in [0.717, 1.165) is 5.56 Å². The highest BCUT2D eigenvalue weighted by molar-refractivity contribution is 5.88. The van der Waals surface area contributed by atoms with Crippen LogP contribution >= 0.6 is 0 Å². The Kier molecular flexibility index (Phi) is 6.65. The fraction of sp³-hybridized carbons (Fsp3) is 0.154. The van der Waals surface area contributed by atoms with Crippen LogP contribution in [0.2, 0.25) is 0 Å². The predicted molar refractivity (Wildman–Crippen MR) is 118 cm³/mol. The summed E-state index contributed by atoms with van der Waals surface area (Å²) < 4.78 is 25.2. The van der Waals surface area contributed by atoms with Crippen LogP contribution in [0.1, 0.15) is 20.8 Å². The van der Waals surface area contributed by atoms with Gasteiger partial charge in [0.1, 0.15) is 17.3 Å². The molecule has 0 aromatic heterocycles. The Morgan fingerprint density at radius 3 is 1.84 bits per heavy atom. The van der Waals surface area contributed by atoms with Gasteiger partial charge in [-0.3, -0.25) is 4.79 Å². The molecule has 5 heteroatoms. The fourth-order valence-corrected chi connectivity index (χ4v) is 2.77. The minimum absolute atomic E-state index is 0.225. The first-order chi connectivity index (χ1) is 14.7. The molecule has 158 valence electrons. The Hall–Kier alpha value is -3.73. The molecule has 0 spiro atoms. The number of esters is 2. The first-order valence-electron chi connectivity index (χ1n) is 9.84. The van der Waals surface area contributed by atoms with Crippen LogP contribution in [-0.2, 0) is 9.59 Å². The quantitative estimate of drug-likeness (QED) is 0.272. The topological polar surface area (TPSA) is 52.6 Å². The van der Waals surface area contributed by atoms with E-state index in [2.05, 4.69) is 6.58 Å². The van der Waals surface area contributed by atoms with Gasteiger partial charge in [-0.1, -0.05) is 56.8 Å². The van der Waals surface area contributed by atoms with Crippen LogP contribution < -0.4 is 9.47 Å². The van der Waals surface area contributed by atoms with Crippen molar-refractivity contribution >= 4 is 11.9 Å². The molecule has 3 aromatic rings. The van der Waals surface area contributed by atoms with Gasteiger partial charge in [0.05, 0.1) is 5.92 Å². The van der Waals surface area contributed by atoms with Crippen molar-refractivity contribution in [3.05, 3.63) is 84.7 Å². The lowest BCUT2D eigenvalue weighted by atomic mass is 9.99. The molecule has 0 heterocycles. The molecule has 0 bridgehead atoms. The lowest BCUT2D eigenvalue weighted by Crippen LogP contribution is -2.14. The number of carbonyl (C=O) groups is 2. The number of halogens is 1. The van der Waals surface area contributed by atoms with Crippen molar-refractivity contribution in [2.24, 2.45) is 5.92 Å². The Labute approximate surface area is 180 Å². The third-order valence-corrected chi connectivity index (χ3v) is 4.57. The Morgan fingerprint density at radius 1 is 0.806 bits per heavy atom. The van der Waals surface area contributed by atoms with Gasteiger partial charge in [0, 0.05) is 11.1 Å². The second-order valence-corrected chi connectivity index (χ2v) is 7.49. The molecule has 0 aliphatic heterocycles.